The molecular weight excluding hydrogens is 194 g/mol. The Kier molecular flexibility index (Phi) is 4.26. The highest BCUT2D eigenvalue weighted by Gasteiger charge is 1.90. The lowest BCUT2D eigenvalue weighted by molar-refractivity contribution is 0.481. The lowest BCUT2D eigenvalue weighted by atomic mass is 10.4. The summed E-state index contributed by atoms with van der Waals surface area (Å²) in [6, 6.07) is 0. The fourth-order valence-electron chi connectivity index (χ4n) is 0.118. The molecule has 1 atom stereocenters. The van der Waals surface area contributed by atoms with E-state index in [4.69, 9.17) is 0 Å². The van der Waals surface area contributed by atoms with Crippen LogP contribution in [-0.4, -0.2) is 10.6 Å². The standard InChI is InChI=1S/C4H7FI/c1-4(6)2-3-5/h4H,1-3H2. The van der Waals surface area contributed by atoms with Crippen molar-refractivity contribution >= 4 is 22.6 Å². The van der Waals surface area contributed by atoms with Gasteiger partial charge in [0, 0.05) is 3.92 Å². The summed E-state index contributed by atoms with van der Waals surface area (Å²) in [7, 11) is 0. The quantitative estimate of drug-likeness (QED) is 0.473. The number of hydrogen-bond acceptors (Lipinski definition) is 0. The maximum atomic E-state index is 11.2. The van der Waals surface area contributed by atoms with Gasteiger partial charge in [-0.05, 0) is 13.3 Å². The zero-order chi connectivity index (χ0) is 4.99. The molecule has 0 aliphatic carbocycles. The van der Waals surface area contributed by atoms with Crippen molar-refractivity contribution in [2.24, 2.45) is 0 Å². The van der Waals surface area contributed by atoms with Gasteiger partial charge in [0.15, 0.2) is 0 Å². The Hall–Kier alpha value is 0.660. The minimum Gasteiger partial charge on any atom is -0.251 e. The molecule has 0 aliphatic heterocycles. The van der Waals surface area contributed by atoms with Crippen LogP contribution in [0.2, 0.25) is 0 Å². The van der Waals surface area contributed by atoms with Crippen LogP contribution in [0.25, 0.3) is 0 Å². The molecule has 0 amide bonds. The van der Waals surface area contributed by atoms with Crippen LogP contribution >= 0.6 is 22.6 Å². The van der Waals surface area contributed by atoms with E-state index in [9.17, 15) is 4.39 Å². The molecule has 0 aliphatic rings. The molecule has 0 saturated carbocycles. The first-order valence-electron chi connectivity index (χ1n) is 1.80. The number of rotatable bonds is 2. The number of hydrogen-bond donors (Lipinski definition) is 0. The third-order valence-corrected chi connectivity index (χ3v) is 1.05. The van der Waals surface area contributed by atoms with Crippen LogP contribution in [0.15, 0.2) is 0 Å². The van der Waals surface area contributed by atoms with Gasteiger partial charge in [-0.1, -0.05) is 22.6 Å². The second-order valence-electron chi connectivity index (χ2n) is 1.07. The van der Waals surface area contributed by atoms with Crippen LogP contribution in [-0.2, 0) is 0 Å². The molecule has 0 bridgehead atoms. The molecule has 0 spiro atoms. The Labute approximate surface area is 51.3 Å². The Balaban J connectivity index is 2.63. The molecule has 2 heteroatoms. The van der Waals surface area contributed by atoms with E-state index in [0.29, 0.717) is 6.42 Å². The first-order chi connectivity index (χ1) is 2.77. The minimum absolute atomic E-state index is 0.239. The van der Waals surface area contributed by atoms with Gasteiger partial charge >= 0.3 is 0 Å². The monoisotopic (exact) mass is 201 g/mol. The van der Waals surface area contributed by atoms with Crippen LogP contribution in [0.5, 0.6) is 0 Å². The van der Waals surface area contributed by atoms with Crippen LogP contribution in [0.4, 0.5) is 4.39 Å². The van der Waals surface area contributed by atoms with Crippen molar-refractivity contribution in [3.8, 4) is 0 Å². The molecule has 0 aromatic heterocycles. The highest BCUT2D eigenvalue weighted by atomic mass is 127. The third-order valence-electron chi connectivity index (χ3n) is 0.422. The summed E-state index contributed by atoms with van der Waals surface area (Å²) in [5, 5.41) is 0. The van der Waals surface area contributed by atoms with Gasteiger partial charge in [0.2, 0.25) is 0 Å². The summed E-state index contributed by atoms with van der Waals surface area (Å²) < 4.78 is 11.4. The van der Waals surface area contributed by atoms with Crippen molar-refractivity contribution in [2.45, 2.75) is 10.3 Å². The Bertz CT molecular complexity index is 28.7. The van der Waals surface area contributed by atoms with Crippen molar-refractivity contribution in [3.05, 3.63) is 6.92 Å². The van der Waals surface area contributed by atoms with Crippen molar-refractivity contribution in [1.82, 2.24) is 0 Å². The lowest BCUT2D eigenvalue weighted by Crippen LogP contribution is -1.89. The van der Waals surface area contributed by atoms with Gasteiger partial charge in [0.25, 0.3) is 0 Å². The molecule has 0 fully saturated rings. The van der Waals surface area contributed by atoms with E-state index in [0.717, 1.165) is 0 Å². The molecule has 0 nitrogen and oxygen atoms in total. The lowest BCUT2D eigenvalue weighted by Gasteiger charge is -1.91. The highest BCUT2D eigenvalue weighted by Crippen LogP contribution is 2.01. The summed E-state index contributed by atoms with van der Waals surface area (Å²) in [5.74, 6) is 0. The normalized spacial score (nSPS) is 14.5. The van der Waals surface area contributed by atoms with E-state index in [1.54, 1.807) is 0 Å². The summed E-state index contributed by atoms with van der Waals surface area (Å²) >= 11 is 2.09. The van der Waals surface area contributed by atoms with Crippen molar-refractivity contribution < 1.29 is 4.39 Å². The van der Waals surface area contributed by atoms with Crippen molar-refractivity contribution in [1.29, 1.82) is 0 Å². The van der Waals surface area contributed by atoms with Crippen molar-refractivity contribution in [2.75, 3.05) is 6.67 Å². The van der Waals surface area contributed by atoms with Gasteiger partial charge in [-0.3, -0.25) is 4.39 Å². The van der Waals surface area contributed by atoms with Crippen molar-refractivity contribution in [3.63, 3.8) is 0 Å². The van der Waals surface area contributed by atoms with Gasteiger partial charge in [0.05, 0.1) is 6.67 Å². The Morgan fingerprint density at radius 2 is 2.33 bits per heavy atom. The van der Waals surface area contributed by atoms with E-state index < -0.39 is 0 Å². The smallest absolute Gasteiger partial charge is 0.0904 e. The molecule has 0 aromatic rings. The van der Waals surface area contributed by atoms with Gasteiger partial charge in [-0.2, -0.15) is 0 Å². The molecule has 1 radical (unpaired) electrons. The summed E-state index contributed by atoms with van der Waals surface area (Å²) in [6.07, 6.45) is 0.584. The number of halogens is 2. The average molecular weight is 201 g/mol. The molecule has 0 saturated heterocycles. The maximum absolute atomic E-state index is 11.2. The van der Waals surface area contributed by atoms with E-state index in [1.807, 2.05) is 0 Å². The van der Waals surface area contributed by atoms with Gasteiger partial charge < -0.3 is 0 Å². The zero-order valence-electron chi connectivity index (χ0n) is 3.45. The summed E-state index contributed by atoms with van der Waals surface area (Å²) in [6.45, 7) is 3.34. The predicted molar refractivity (Wildman–Crippen MR) is 33.8 cm³/mol. The minimum atomic E-state index is -0.239. The SMILES string of the molecule is [CH2]C(I)CCF. The van der Waals surface area contributed by atoms with E-state index in [-0.39, 0.29) is 10.6 Å². The molecule has 0 heterocycles. The molecule has 0 N–H and O–H groups in total. The molecule has 0 rings (SSSR count). The molecular formula is C4H7FI. The fourth-order valence-corrected chi connectivity index (χ4v) is 0.354. The first kappa shape index (κ1) is 6.66. The summed E-state index contributed by atoms with van der Waals surface area (Å²) in [4.78, 5) is 0. The van der Waals surface area contributed by atoms with Gasteiger partial charge in [-0.25, -0.2) is 0 Å². The van der Waals surface area contributed by atoms with Crippen LogP contribution < -0.4 is 0 Å². The van der Waals surface area contributed by atoms with Crippen LogP contribution in [0.1, 0.15) is 6.42 Å². The fraction of sp³-hybridized carbons (Fsp3) is 0.750. The third kappa shape index (κ3) is 4.66. The van der Waals surface area contributed by atoms with E-state index in [1.165, 1.54) is 0 Å². The highest BCUT2D eigenvalue weighted by molar-refractivity contribution is 14.1. The Morgan fingerprint density at radius 3 is 2.33 bits per heavy atom. The largest absolute Gasteiger partial charge is 0.251 e. The van der Waals surface area contributed by atoms with Crippen LogP contribution in [0.3, 0.4) is 0 Å². The summed E-state index contributed by atoms with van der Waals surface area (Å²) in [5.41, 5.74) is 0. The zero-order valence-corrected chi connectivity index (χ0v) is 5.61. The van der Waals surface area contributed by atoms with Gasteiger partial charge in [0.1, 0.15) is 0 Å². The first-order valence-corrected chi connectivity index (χ1v) is 3.05. The molecule has 1 unspecified atom stereocenters. The van der Waals surface area contributed by atoms with E-state index >= 15 is 0 Å². The van der Waals surface area contributed by atoms with Crippen LogP contribution in [0, 0.1) is 6.92 Å². The maximum Gasteiger partial charge on any atom is 0.0904 e. The second kappa shape index (κ2) is 3.84. The predicted octanol–water partition coefficient (Wildman–Crippen LogP) is 1.98. The molecule has 6 heavy (non-hydrogen) atoms. The van der Waals surface area contributed by atoms with Gasteiger partial charge in [-0.15, -0.1) is 0 Å². The average Bonchev–Trinajstić information content (AvgIpc) is 1.35. The number of alkyl halides is 2. The second-order valence-corrected chi connectivity index (χ2v) is 2.84. The molecule has 37 valence electrons. The topological polar surface area (TPSA) is 0 Å². The molecule has 0 aromatic carbocycles. The Morgan fingerprint density at radius 1 is 1.83 bits per heavy atom. The van der Waals surface area contributed by atoms with E-state index in [2.05, 4.69) is 29.5 Å².